The number of hydrogen-bond donors (Lipinski definition) is 1. The van der Waals surface area contributed by atoms with Gasteiger partial charge in [-0.3, -0.25) is 0 Å². The standard InChI is InChI=1S/C6H14OS/c1-5-6(7)8(2,3)4/h5-7H,1H2,2-4H3. The van der Waals surface area contributed by atoms with Crippen molar-refractivity contribution in [3.63, 3.8) is 0 Å². The molecule has 0 spiro atoms. The second kappa shape index (κ2) is 2.55. The lowest BCUT2D eigenvalue weighted by Crippen LogP contribution is -2.10. The zero-order chi connectivity index (χ0) is 6.78. The van der Waals surface area contributed by atoms with Crippen LogP contribution in [0, 0.1) is 0 Å². The highest BCUT2D eigenvalue weighted by atomic mass is 32.3. The van der Waals surface area contributed by atoms with Crippen molar-refractivity contribution in [1.82, 2.24) is 0 Å². The predicted molar refractivity (Wildman–Crippen MR) is 41.6 cm³/mol. The molecule has 0 aliphatic heterocycles. The Balaban J connectivity index is 3.80. The van der Waals surface area contributed by atoms with E-state index in [0.29, 0.717) is 0 Å². The summed E-state index contributed by atoms with van der Waals surface area (Å²) in [6.45, 7) is 3.50. The first-order valence-electron chi connectivity index (χ1n) is 2.46. The Kier molecular flexibility index (Phi) is 2.57. The van der Waals surface area contributed by atoms with Gasteiger partial charge in [-0.1, -0.05) is 12.7 Å². The Morgan fingerprint density at radius 1 is 1.50 bits per heavy atom. The third kappa shape index (κ3) is 2.38. The molecular formula is C6H14OS. The average Bonchev–Trinajstić information content (AvgIpc) is 1.62. The maximum Gasteiger partial charge on any atom is 0.102 e. The van der Waals surface area contributed by atoms with E-state index < -0.39 is 10.0 Å². The Hall–Kier alpha value is 0.0500. The van der Waals surface area contributed by atoms with Gasteiger partial charge in [0.25, 0.3) is 0 Å². The molecule has 0 aromatic heterocycles. The quantitative estimate of drug-likeness (QED) is 0.562. The molecule has 1 nitrogen and oxygen atoms in total. The van der Waals surface area contributed by atoms with Gasteiger partial charge in [0.2, 0.25) is 0 Å². The van der Waals surface area contributed by atoms with Crippen molar-refractivity contribution >= 4 is 10.0 Å². The van der Waals surface area contributed by atoms with E-state index in [1.807, 2.05) is 0 Å². The summed E-state index contributed by atoms with van der Waals surface area (Å²) in [5.74, 6) is 0. The second-order valence-corrected chi connectivity index (χ2v) is 6.90. The smallest absolute Gasteiger partial charge is 0.102 e. The zero-order valence-electron chi connectivity index (χ0n) is 5.72. The van der Waals surface area contributed by atoms with E-state index >= 15 is 0 Å². The first kappa shape index (κ1) is 8.05. The summed E-state index contributed by atoms with van der Waals surface area (Å²) in [7, 11) is -0.815. The Bertz CT molecular complexity index is 83.0. The lowest BCUT2D eigenvalue weighted by atomic mass is 10.7. The molecule has 0 heterocycles. The van der Waals surface area contributed by atoms with Crippen molar-refractivity contribution in [2.24, 2.45) is 0 Å². The molecular weight excluding hydrogens is 120 g/mol. The Morgan fingerprint density at radius 2 is 1.88 bits per heavy atom. The molecule has 0 saturated carbocycles. The minimum absolute atomic E-state index is 0.303. The average molecular weight is 134 g/mol. The van der Waals surface area contributed by atoms with Crippen LogP contribution in [0.1, 0.15) is 0 Å². The Labute approximate surface area is 52.7 Å². The van der Waals surface area contributed by atoms with Crippen molar-refractivity contribution in [2.75, 3.05) is 18.8 Å². The zero-order valence-corrected chi connectivity index (χ0v) is 6.53. The van der Waals surface area contributed by atoms with Gasteiger partial charge in [0.1, 0.15) is 5.44 Å². The molecule has 0 aliphatic rings. The summed E-state index contributed by atoms with van der Waals surface area (Å²) in [6.07, 6.45) is 7.76. The summed E-state index contributed by atoms with van der Waals surface area (Å²) < 4.78 is 0. The molecule has 8 heavy (non-hydrogen) atoms. The van der Waals surface area contributed by atoms with Gasteiger partial charge in [0, 0.05) is 0 Å². The van der Waals surface area contributed by atoms with Gasteiger partial charge in [-0.2, -0.15) is 0 Å². The molecule has 0 bridgehead atoms. The van der Waals surface area contributed by atoms with Crippen molar-refractivity contribution in [3.8, 4) is 0 Å². The topological polar surface area (TPSA) is 20.2 Å². The van der Waals surface area contributed by atoms with Crippen LogP contribution in [0.2, 0.25) is 0 Å². The van der Waals surface area contributed by atoms with Crippen molar-refractivity contribution in [1.29, 1.82) is 0 Å². The normalized spacial score (nSPS) is 17.5. The molecule has 0 saturated heterocycles. The molecule has 0 rings (SSSR count). The Morgan fingerprint density at radius 3 is 1.88 bits per heavy atom. The second-order valence-electron chi connectivity index (χ2n) is 2.56. The molecule has 2 heteroatoms. The van der Waals surface area contributed by atoms with E-state index in [4.69, 9.17) is 5.11 Å². The van der Waals surface area contributed by atoms with Crippen LogP contribution in [0.15, 0.2) is 12.7 Å². The molecule has 0 fully saturated rings. The van der Waals surface area contributed by atoms with Gasteiger partial charge in [-0.05, 0) is 18.8 Å². The lowest BCUT2D eigenvalue weighted by molar-refractivity contribution is 0.306. The fraction of sp³-hybridized carbons (Fsp3) is 0.667. The van der Waals surface area contributed by atoms with Crippen LogP contribution in [-0.2, 0) is 0 Å². The highest BCUT2D eigenvalue weighted by Crippen LogP contribution is 2.39. The number of aliphatic hydroxyl groups excluding tert-OH is 1. The van der Waals surface area contributed by atoms with Crippen LogP contribution in [0.3, 0.4) is 0 Å². The van der Waals surface area contributed by atoms with E-state index in [1.54, 1.807) is 6.08 Å². The van der Waals surface area contributed by atoms with E-state index in [2.05, 4.69) is 25.3 Å². The van der Waals surface area contributed by atoms with Crippen LogP contribution < -0.4 is 0 Å². The highest BCUT2D eigenvalue weighted by Gasteiger charge is 2.11. The molecule has 0 radical (unpaired) electrons. The van der Waals surface area contributed by atoms with Crippen LogP contribution in [-0.4, -0.2) is 29.3 Å². The van der Waals surface area contributed by atoms with Crippen LogP contribution in [0.5, 0.6) is 0 Å². The first-order chi connectivity index (χ1) is 3.48. The van der Waals surface area contributed by atoms with Gasteiger partial charge < -0.3 is 5.11 Å². The summed E-state index contributed by atoms with van der Waals surface area (Å²) in [4.78, 5) is 0. The fourth-order valence-corrected chi connectivity index (χ4v) is 0.866. The van der Waals surface area contributed by atoms with Gasteiger partial charge in [0.15, 0.2) is 0 Å². The first-order valence-corrected chi connectivity index (χ1v) is 5.38. The minimum Gasteiger partial charge on any atom is -0.380 e. The number of aliphatic hydroxyl groups is 1. The van der Waals surface area contributed by atoms with E-state index in [9.17, 15) is 0 Å². The van der Waals surface area contributed by atoms with Gasteiger partial charge in [0.05, 0.1) is 0 Å². The van der Waals surface area contributed by atoms with E-state index in [-0.39, 0.29) is 5.44 Å². The molecule has 0 aromatic rings. The number of hydrogen-bond acceptors (Lipinski definition) is 1. The lowest BCUT2D eigenvalue weighted by Gasteiger charge is -2.28. The molecule has 1 N–H and O–H groups in total. The minimum atomic E-state index is -0.815. The molecule has 0 aliphatic carbocycles. The van der Waals surface area contributed by atoms with E-state index in [1.165, 1.54) is 0 Å². The van der Waals surface area contributed by atoms with Gasteiger partial charge >= 0.3 is 0 Å². The summed E-state index contributed by atoms with van der Waals surface area (Å²) in [5.41, 5.74) is -0.303. The highest BCUT2D eigenvalue weighted by molar-refractivity contribution is 8.32. The third-order valence-electron chi connectivity index (χ3n) is 0.926. The third-order valence-corrected chi connectivity index (χ3v) is 2.57. The number of rotatable bonds is 2. The molecule has 0 aromatic carbocycles. The van der Waals surface area contributed by atoms with Crippen molar-refractivity contribution in [3.05, 3.63) is 12.7 Å². The van der Waals surface area contributed by atoms with E-state index in [0.717, 1.165) is 0 Å². The van der Waals surface area contributed by atoms with Crippen molar-refractivity contribution < 1.29 is 5.11 Å². The van der Waals surface area contributed by atoms with Gasteiger partial charge in [-0.25, -0.2) is 10.0 Å². The maximum absolute atomic E-state index is 9.11. The monoisotopic (exact) mass is 134 g/mol. The maximum atomic E-state index is 9.11. The summed E-state index contributed by atoms with van der Waals surface area (Å²) in [5, 5.41) is 9.11. The van der Waals surface area contributed by atoms with Crippen LogP contribution in [0.4, 0.5) is 0 Å². The van der Waals surface area contributed by atoms with Crippen LogP contribution >= 0.6 is 10.0 Å². The summed E-state index contributed by atoms with van der Waals surface area (Å²) in [6, 6.07) is 0. The fourth-order valence-electron chi connectivity index (χ4n) is 0.289. The van der Waals surface area contributed by atoms with Gasteiger partial charge in [-0.15, -0.1) is 0 Å². The molecule has 0 amide bonds. The molecule has 1 unspecified atom stereocenters. The molecule has 1 atom stereocenters. The van der Waals surface area contributed by atoms with Crippen molar-refractivity contribution in [2.45, 2.75) is 5.44 Å². The largest absolute Gasteiger partial charge is 0.380 e. The SMILES string of the molecule is C=CC(O)S(C)(C)C. The predicted octanol–water partition coefficient (Wildman–Crippen LogP) is 1.18. The summed E-state index contributed by atoms with van der Waals surface area (Å²) >= 11 is 0. The molecule has 50 valence electrons. The van der Waals surface area contributed by atoms with Crippen LogP contribution in [0.25, 0.3) is 0 Å².